The van der Waals surface area contributed by atoms with Gasteiger partial charge in [0.2, 0.25) is 0 Å². The molecule has 6 atom stereocenters. The molecule has 0 spiro atoms. The highest BCUT2D eigenvalue weighted by molar-refractivity contribution is 6.31. The highest BCUT2D eigenvalue weighted by atomic mass is 35.5. The minimum Gasteiger partial charge on any atom is -0.488 e. The summed E-state index contributed by atoms with van der Waals surface area (Å²) in [7, 11) is 0. The number of benzene rings is 2. The zero-order valence-electron chi connectivity index (χ0n) is 20.5. The van der Waals surface area contributed by atoms with E-state index in [0.717, 1.165) is 5.56 Å². The number of hydrogen-bond acceptors (Lipinski definition) is 7. The molecule has 2 aromatic carbocycles. The zero-order valence-corrected chi connectivity index (χ0v) is 17.3. The number of ether oxygens (including phenoxy) is 3. The maximum atomic E-state index is 10.4. The first-order valence-electron chi connectivity index (χ1n) is 11.9. The molecule has 4 rings (SSSR count). The second kappa shape index (κ2) is 9.83. The lowest BCUT2D eigenvalue weighted by Crippen LogP contribution is -2.55. The Balaban J connectivity index is 1.48. The Bertz CT molecular complexity index is 1040. The van der Waals surface area contributed by atoms with Crippen LogP contribution in [-0.2, 0) is 15.9 Å². The summed E-state index contributed by atoms with van der Waals surface area (Å²) in [6.07, 6.45) is -7.23. The zero-order chi connectivity index (χ0) is 25.5. The number of rotatable bonds is 6. The Morgan fingerprint density at radius 3 is 2.52 bits per heavy atom. The molecule has 31 heavy (non-hydrogen) atoms. The molecule has 0 aliphatic carbocycles. The van der Waals surface area contributed by atoms with Gasteiger partial charge in [-0.2, -0.15) is 0 Å². The second-order valence-electron chi connectivity index (χ2n) is 7.60. The molecule has 2 heterocycles. The molecule has 2 aliphatic heterocycles. The average molecular weight is 455 g/mol. The van der Waals surface area contributed by atoms with Crippen LogP contribution in [0.4, 0.5) is 0 Å². The first kappa shape index (κ1) is 17.8. The Morgan fingerprint density at radius 2 is 1.84 bits per heavy atom. The van der Waals surface area contributed by atoms with Crippen LogP contribution in [0.3, 0.4) is 0 Å². The summed E-state index contributed by atoms with van der Waals surface area (Å²) < 4.78 is 46.9. The topological polar surface area (TPSA) is 109 Å². The van der Waals surface area contributed by atoms with Crippen molar-refractivity contribution in [2.24, 2.45) is 0 Å². The van der Waals surface area contributed by atoms with Gasteiger partial charge in [0.1, 0.15) is 42.4 Å². The molecular weight excluding hydrogens is 424 g/mol. The minimum absolute atomic E-state index is 0.234. The van der Waals surface area contributed by atoms with Crippen molar-refractivity contribution in [1.29, 1.82) is 0 Å². The molecule has 0 bridgehead atoms. The monoisotopic (exact) mass is 454 g/mol. The molecule has 2 aliphatic rings. The van der Waals surface area contributed by atoms with Gasteiger partial charge in [0.25, 0.3) is 0 Å². The molecule has 0 aromatic heterocycles. The van der Waals surface area contributed by atoms with Crippen LogP contribution in [-0.4, -0.2) is 70.7 Å². The molecule has 8 heteroatoms. The first-order chi connectivity index (χ1) is 16.4. The predicted molar refractivity (Wildman–Crippen MR) is 113 cm³/mol. The highest BCUT2D eigenvalue weighted by Crippen LogP contribution is 2.34. The molecule has 2 saturated heterocycles. The molecular formula is C23H27ClO7. The van der Waals surface area contributed by atoms with Gasteiger partial charge in [-0.15, -0.1) is 0 Å². The van der Waals surface area contributed by atoms with Crippen LogP contribution in [0.1, 0.15) is 34.7 Å². The number of aliphatic hydroxyl groups is 4. The van der Waals surface area contributed by atoms with E-state index in [0.29, 0.717) is 28.3 Å². The van der Waals surface area contributed by atoms with Crippen LogP contribution >= 0.6 is 11.6 Å². The largest absolute Gasteiger partial charge is 0.488 e. The summed E-state index contributed by atoms with van der Waals surface area (Å²) in [6.45, 7) is -4.87. The quantitative estimate of drug-likeness (QED) is 0.525. The van der Waals surface area contributed by atoms with Crippen LogP contribution in [0.5, 0.6) is 5.75 Å². The van der Waals surface area contributed by atoms with Crippen molar-refractivity contribution >= 4 is 11.6 Å². The smallest absolute Gasteiger partial charge is 0.124 e. The van der Waals surface area contributed by atoms with E-state index in [9.17, 15) is 20.4 Å². The Labute approximate surface area is 191 Å². The van der Waals surface area contributed by atoms with Crippen LogP contribution in [0.15, 0.2) is 42.5 Å². The van der Waals surface area contributed by atoms with Crippen molar-refractivity contribution in [3.63, 3.8) is 0 Å². The van der Waals surface area contributed by atoms with E-state index >= 15 is 0 Å². The van der Waals surface area contributed by atoms with E-state index in [4.69, 9.17) is 31.3 Å². The molecule has 0 radical (unpaired) electrons. The number of aliphatic hydroxyl groups excluding tert-OH is 4. The van der Waals surface area contributed by atoms with Crippen LogP contribution < -0.4 is 4.74 Å². The number of halogens is 1. The summed E-state index contributed by atoms with van der Waals surface area (Å²) in [4.78, 5) is 0. The molecule has 0 amide bonds. The maximum absolute atomic E-state index is 10.4. The van der Waals surface area contributed by atoms with E-state index in [1.165, 1.54) is 0 Å². The van der Waals surface area contributed by atoms with Crippen molar-refractivity contribution in [2.75, 3.05) is 19.7 Å². The molecule has 4 N–H and O–H groups in total. The standard InChI is InChI=1S/C23H27ClO7/c24-18-6-3-14(23-22(28)21(27)20(26)19(11-25)31-23)10-15(18)9-13-1-4-16(5-2-13)30-17-7-8-29-12-17/h1-6,10,17,19-23,25-28H,7-9,11-12H2/t17-,19+,20+,21-,22+,23+/m0/s1/i8D2,12D2. The first-order valence-corrected chi connectivity index (χ1v) is 10.3. The van der Waals surface area contributed by atoms with Crippen molar-refractivity contribution in [3.05, 3.63) is 64.2 Å². The van der Waals surface area contributed by atoms with Crippen molar-refractivity contribution in [3.8, 4) is 5.75 Å². The van der Waals surface area contributed by atoms with Gasteiger partial charge in [-0.05, 0) is 41.3 Å². The maximum Gasteiger partial charge on any atom is 0.124 e. The molecule has 0 saturated carbocycles. The SMILES string of the molecule is [2H]C1([2H])C[C@H](Oc2ccc(Cc3cc([C@H]4O[C@H](CO)[C@@H](O)[C@H](O)[C@H]4O)ccc3Cl)cc2)C([2H])([2H])O1. The average Bonchev–Trinajstić information content (AvgIpc) is 3.01. The molecule has 7 nitrogen and oxygen atoms in total. The summed E-state index contributed by atoms with van der Waals surface area (Å²) in [5, 5.41) is 40.4. The summed E-state index contributed by atoms with van der Waals surface area (Å²) >= 11 is 6.38. The van der Waals surface area contributed by atoms with Gasteiger partial charge in [-0.1, -0.05) is 35.9 Å². The van der Waals surface area contributed by atoms with Gasteiger partial charge in [-0.3, -0.25) is 0 Å². The van der Waals surface area contributed by atoms with Gasteiger partial charge in [0.15, 0.2) is 0 Å². The van der Waals surface area contributed by atoms with Crippen LogP contribution in [0.2, 0.25) is 5.02 Å². The van der Waals surface area contributed by atoms with E-state index in [1.807, 2.05) is 0 Å². The minimum atomic E-state index is -2.25. The molecule has 168 valence electrons. The lowest BCUT2D eigenvalue weighted by molar-refractivity contribution is -0.231. The van der Waals surface area contributed by atoms with Gasteiger partial charge < -0.3 is 34.6 Å². The van der Waals surface area contributed by atoms with E-state index in [1.54, 1.807) is 42.5 Å². The van der Waals surface area contributed by atoms with E-state index in [2.05, 4.69) is 0 Å². The van der Waals surface area contributed by atoms with Crippen LogP contribution in [0, 0.1) is 0 Å². The summed E-state index contributed by atoms with van der Waals surface area (Å²) in [5.74, 6) is 0.366. The third-order valence-electron chi connectivity index (χ3n) is 5.42. The lowest BCUT2D eigenvalue weighted by atomic mass is 9.90. The number of hydrogen-bond donors (Lipinski definition) is 4. The lowest BCUT2D eigenvalue weighted by Gasteiger charge is -2.40. The predicted octanol–water partition coefficient (Wildman–Crippen LogP) is 1.61. The summed E-state index contributed by atoms with van der Waals surface area (Å²) in [6, 6.07) is 11.8. The Morgan fingerprint density at radius 1 is 1.06 bits per heavy atom. The van der Waals surface area contributed by atoms with Gasteiger partial charge in [-0.25, -0.2) is 0 Å². The fourth-order valence-electron chi connectivity index (χ4n) is 3.69. The fraction of sp³-hybridized carbons (Fsp3) is 0.478. The van der Waals surface area contributed by atoms with Gasteiger partial charge in [0.05, 0.1) is 25.2 Å². The fourth-order valence-corrected chi connectivity index (χ4v) is 3.87. The summed E-state index contributed by atoms with van der Waals surface area (Å²) in [5.41, 5.74) is 2.09. The Hall–Kier alpha value is -1.71. The second-order valence-corrected chi connectivity index (χ2v) is 8.00. The van der Waals surface area contributed by atoms with Gasteiger partial charge in [0, 0.05) is 11.4 Å². The van der Waals surface area contributed by atoms with Gasteiger partial charge >= 0.3 is 0 Å². The molecule has 0 unspecified atom stereocenters. The van der Waals surface area contributed by atoms with E-state index < -0.39 is 56.3 Å². The molecule has 2 aromatic rings. The van der Waals surface area contributed by atoms with Crippen molar-refractivity contribution < 1.29 is 40.1 Å². The third kappa shape index (κ3) is 5.04. The molecule has 2 fully saturated rings. The third-order valence-corrected chi connectivity index (χ3v) is 5.79. The van der Waals surface area contributed by atoms with E-state index in [-0.39, 0.29) is 6.42 Å². The normalized spacial score (nSPS) is 36.2. The highest BCUT2D eigenvalue weighted by Gasteiger charge is 2.44. The van der Waals surface area contributed by atoms with Crippen molar-refractivity contribution in [1.82, 2.24) is 0 Å². The Kier molecular flexibility index (Phi) is 5.65. The van der Waals surface area contributed by atoms with Crippen molar-refractivity contribution in [2.45, 2.75) is 49.5 Å². The van der Waals surface area contributed by atoms with Crippen LogP contribution in [0.25, 0.3) is 0 Å².